The van der Waals surface area contributed by atoms with Gasteiger partial charge in [-0.3, -0.25) is 9.59 Å². The lowest BCUT2D eigenvalue weighted by atomic mass is 9.84. The summed E-state index contributed by atoms with van der Waals surface area (Å²) in [5.74, 6) is 1.78. The zero-order valence-electron chi connectivity index (χ0n) is 34.0. The van der Waals surface area contributed by atoms with E-state index in [4.69, 9.17) is 14.5 Å². The van der Waals surface area contributed by atoms with E-state index in [1.807, 2.05) is 6.20 Å². The number of nitrogens with one attached hydrogen (secondary N) is 3. The van der Waals surface area contributed by atoms with Crippen LogP contribution in [0.1, 0.15) is 95.9 Å². The van der Waals surface area contributed by atoms with Crippen molar-refractivity contribution < 1.29 is 23.9 Å². The molecule has 3 aliphatic rings. The molecule has 2 aliphatic heterocycles. The van der Waals surface area contributed by atoms with E-state index >= 15 is 0 Å². The first kappa shape index (κ1) is 40.2. The third-order valence-corrected chi connectivity index (χ3v) is 12.6. The summed E-state index contributed by atoms with van der Waals surface area (Å²) in [6.45, 7) is 9.71. The number of hydrogen-bond donors (Lipinski definition) is 3. The molecule has 3 fully saturated rings. The molecule has 1 aliphatic carbocycles. The van der Waals surface area contributed by atoms with Crippen LogP contribution in [0.2, 0.25) is 0 Å². The monoisotopic (exact) mass is 778 g/mol. The number of likely N-dealkylation sites (tertiary alicyclic amines) is 2. The minimum absolute atomic E-state index is 0.00231. The standard InChI is InChI=1S/C44H58N8O5/c1-6-50(7-2)34-22-20-33(21-23-34)42(53)51-24-8-10-37(51)40-45-26-35(47-40)31-16-12-29(13-17-31)30-14-18-32(19-15-30)36-27-46-41(48-36)38-11-9-25-52(38)43(54)39(28(3)56-4)49-44(55)57-5/h12-19,26-28,33-34,37-39H,6-11,20-25H2,1-5H3,(H,45,47)(H,46,48)(H,49,55)/t28-,33?,34?,37+,38?,39+/m1/s1. The molecule has 0 bridgehead atoms. The van der Waals surface area contributed by atoms with E-state index in [0.717, 1.165) is 110 Å². The Hall–Kier alpha value is -5.01. The van der Waals surface area contributed by atoms with Crippen molar-refractivity contribution in [3.63, 3.8) is 0 Å². The van der Waals surface area contributed by atoms with Gasteiger partial charge in [0.15, 0.2) is 0 Å². The van der Waals surface area contributed by atoms with E-state index in [0.29, 0.717) is 24.3 Å². The molecule has 0 radical (unpaired) electrons. The van der Waals surface area contributed by atoms with Crippen molar-refractivity contribution in [2.75, 3.05) is 40.4 Å². The highest BCUT2D eigenvalue weighted by atomic mass is 16.5. The fraction of sp³-hybridized carbons (Fsp3) is 0.523. The number of nitrogens with zero attached hydrogens (tertiary/aromatic N) is 5. The van der Waals surface area contributed by atoms with Crippen LogP contribution in [0.25, 0.3) is 33.6 Å². The number of benzene rings is 2. The highest BCUT2D eigenvalue weighted by Gasteiger charge is 2.39. The van der Waals surface area contributed by atoms with Crippen molar-refractivity contribution in [3.05, 3.63) is 72.6 Å². The molecule has 4 aromatic rings. The molecule has 4 heterocycles. The average Bonchev–Trinajstić information content (AvgIpc) is 4.10. The summed E-state index contributed by atoms with van der Waals surface area (Å²) in [6.07, 6.45) is 10.2. The number of hydrogen-bond acceptors (Lipinski definition) is 8. The average molecular weight is 779 g/mol. The van der Waals surface area contributed by atoms with Crippen molar-refractivity contribution in [3.8, 4) is 33.6 Å². The van der Waals surface area contributed by atoms with Gasteiger partial charge in [-0.25, -0.2) is 14.8 Å². The Morgan fingerprint density at radius 2 is 1.25 bits per heavy atom. The fourth-order valence-electron chi connectivity index (χ4n) is 9.16. The van der Waals surface area contributed by atoms with Crippen molar-refractivity contribution in [1.82, 2.24) is 40.0 Å². The third-order valence-electron chi connectivity index (χ3n) is 12.6. The number of rotatable bonds is 13. The first-order valence-electron chi connectivity index (χ1n) is 20.8. The molecule has 0 spiro atoms. The van der Waals surface area contributed by atoms with Gasteiger partial charge in [0.25, 0.3) is 0 Å². The zero-order valence-corrected chi connectivity index (χ0v) is 34.0. The second kappa shape index (κ2) is 18.1. The van der Waals surface area contributed by atoms with Crippen LogP contribution in [0.5, 0.6) is 0 Å². The lowest BCUT2D eigenvalue weighted by Crippen LogP contribution is -2.54. The number of carbonyl (C=O) groups excluding carboxylic acids is 3. The summed E-state index contributed by atoms with van der Waals surface area (Å²) in [5.41, 5.74) is 6.03. The Balaban J connectivity index is 0.971. The topological polar surface area (TPSA) is 149 Å². The largest absolute Gasteiger partial charge is 0.453 e. The van der Waals surface area contributed by atoms with Gasteiger partial charge in [0.05, 0.1) is 49.1 Å². The second-order valence-electron chi connectivity index (χ2n) is 15.7. The number of amides is 3. The Bertz CT molecular complexity index is 1960. The zero-order chi connectivity index (χ0) is 40.1. The highest BCUT2D eigenvalue weighted by molar-refractivity contribution is 5.87. The lowest BCUT2D eigenvalue weighted by molar-refractivity contribution is -0.138. The number of methoxy groups -OCH3 is 2. The molecule has 3 amide bonds. The van der Waals surface area contributed by atoms with Crippen LogP contribution in [0.15, 0.2) is 60.9 Å². The molecule has 7 rings (SSSR count). The lowest BCUT2D eigenvalue weighted by Gasteiger charge is -2.37. The van der Waals surface area contributed by atoms with Crippen LogP contribution in [0.3, 0.4) is 0 Å². The Labute approximate surface area is 335 Å². The number of ether oxygens (including phenoxy) is 2. The van der Waals surface area contributed by atoms with Crippen LogP contribution in [0, 0.1) is 5.92 Å². The minimum Gasteiger partial charge on any atom is -0.453 e. The Morgan fingerprint density at radius 3 is 1.74 bits per heavy atom. The van der Waals surface area contributed by atoms with Gasteiger partial charge < -0.3 is 39.5 Å². The smallest absolute Gasteiger partial charge is 0.407 e. The first-order chi connectivity index (χ1) is 27.7. The Kier molecular flexibility index (Phi) is 12.7. The molecule has 2 saturated heterocycles. The van der Waals surface area contributed by atoms with Gasteiger partial charge in [-0.2, -0.15) is 0 Å². The van der Waals surface area contributed by atoms with Gasteiger partial charge in [0.1, 0.15) is 17.7 Å². The number of carbonyl (C=O) groups is 3. The maximum absolute atomic E-state index is 13.8. The Morgan fingerprint density at radius 1 is 0.754 bits per heavy atom. The highest BCUT2D eigenvalue weighted by Crippen LogP contribution is 2.37. The van der Waals surface area contributed by atoms with E-state index in [9.17, 15) is 14.4 Å². The van der Waals surface area contributed by atoms with E-state index in [1.54, 1.807) is 18.0 Å². The molecule has 1 saturated carbocycles. The first-order valence-corrected chi connectivity index (χ1v) is 20.8. The van der Waals surface area contributed by atoms with E-state index < -0.39 is 18.2 Å². The van der Waals surface area contributed by atoms with Crippen LogP contribution in [0.4, 0.5) is 4.79 Å². The van der Waals surface area contributed by atoms with Crippen molar-refractivity contribution >= 4 is 17.9 Å². The quantitative estimate of drug-likeness (QED) is 0.130. The molecular weight excluding hydrogens is 721 g/mol. The summed E-state index contributed by atoms with van der Waals surface area (Å²) in [5, 5.41) is 2.63. The van der Waals surface area contributed by atoms with Gasteiger partial charge >= 0.3 is 6.09 Å². The molecule has 2 aromatic heterocycles. The predicted molar refractivity (Wildman–Crippen MR) is 219 cm³/mol. The molecule has 3 N–H and O–H groups in total. The number of aromatic amines is 2. The number of aromatic nitrogens is 4. The normalized spacial score (nSPS) is 22.1. The van der Waals surface area contributed by atoms with Gasteiger partial charge in [-0.05, 0) is 93.6 Å². The number of H-pyrrole nitrogens is 2. The second-order valence-corrected chi connectivity index (χ2v) is 15.7. The maximum atomic E-state index is 13.8. The van der Waals surface area contributed by atoms with Gasteiger partial charge in [0.2, 0.25) is 11.8 Å². The fourth-order valence-corrected chi connectivity index (χ4v) is 9.16. The summed E-state index contributed by atoms with van der Waals surface area (Å²) in [6, 6.07) is 16.3. The molecule has 304 valence electrons. The summed E-state index contributed by atoms with van der Waals surface area (Å²) >= 11 is 0. The van der Waals surface area contributed by atoms with Crippen molar-refractivity contribution in [2.45, 2.75) is 102 Å². The molecule has 2 aromatic carbocycles. The van der Waals surface area contributed by atoms with Gasteiger partial charge in [-0.15, -0.1) is 0 Å². The molecule has 13 heteroatoms. The van der Waals surface area contributed by atoms with Crippen LogP contribution in [-0.2, 0) is 19.1 Å². The number of imidazole rings is 2. The van der Waals surface area contributed by atoms with E-state index in [2.05, 4.69) is 92.4 Å². The summed E-state index contributed by atoms with van der Waals surface area (Å²) in [7, 11) is 2.78. The molecular formula is C44H58N8O5. The maximum Gasteiger partial charge on any atom is 0.407 e. The van der Waals surface area contributed by atoms with Crippen LogP contribution < -0.4 is 5.32 Å². The minimum atomic E-state index is -0.881. The van der Waals surface area contributed by atoms with Crippen LogP contribution >= 0.6 is 0 Å². The number of alkyl carbamates (subject to hydrolysis) is 1. The SMILES string of the molecule is CCN(CC)C1CCC(C(=O)N2CCC[C@H]2c2ncc(-c3ccc(-c4ccc(-c5cnc(C6CCCN6C(=O)[C@@H](NC(=O)OC)[C@@H](C)OC)[nH]5)cc4)cc3)[nH]2)CC1. The van der Waals surface area contributed by atoms with Gasteiger partial charge in [-0.1, -0.05) is 62.4 Å². The van der Waals surface area contributed by atoms with Gasteiger partial charge in [0, 0.05) is 32.2 Å². The van der Waals surface area contributed by atoms with Crippen molar-refractivity contribution in [2.24, 2.45) is 5.92 Å². The summed E-state index contributed by atoms with van der Waals surface area (Å²) < 4.78 is 10.2. The predicted octanol–water partition coefficient (Wildman–Crippen LogP) is 7.12. The third kappa shape index (κ3) is 8.64. The van der Waals surface area contributed by atoms with E-state index in [1.165, 1.54) is 14.2 Å². The molecule has 13 nitrogen and oxygen atoms in total. The molecule has 57 heavy (non-hydrogen) atoms. The van der Waals surface area contributed by atoms with Crippen molar-refractivity contribution in [1.29, 1.82) is 0 Å². The molecule has 1 unspecified atom stereocenters. The molecule has 4 atom stereocenters. The summed E-state index contributed by atoms with van der Waals surface area (Å²) in [4.78, 5) is 62.3. The van der Waals surface area contributed by atoms with Crippen LogP contribution in [-0.4, -0.2) is 111 Å². The van der Waals surface area contributed by atoms with E-state index in [-0.39, 0.29) is 23.9 Å².